The van der Waals surface area contributed by atoms with Crippen LogP contribution in [0.5, 0.6) is 0 Å². The zero-order valence-corrected chi connectivity index (χ0v) is 17.1. The predicted octanol–water partition coefficient (Wildman–Crippen LogP) is 3.36. The first-order valence-corrected chi connectivity index (χ1v) is 10.1. The van der Waals surface area contributed by atoms with Crippen molar-refractivity contribution in [2.24, 2.45) is 0 Å². The summed E-state index contributed by atoms with van der Waals surface area (Å²) in [5.41, 5.74) is 4.42. The number of rotatable bonds is 6. The smallest absolute Gasteiger partial charge is 0.223 e. The molecule has 3 rings (SSSR count). The van der Waals surface area contributed by atoms with E-state index in [9.17, 15) is 4.79 Å². The van der Waals surface area contributed by atoms with Crippen molar-refractivity contribution in [1.29, 1.82) is 0 Å². The van der Waals surface area contributed by atoms with Crippen LogP contribution in [0.15, 0.2) is 30.3 Å². The SMILES string of the molecule is CCN(C(=O)CCc1c(C)nn(-c2ccccc2)c1C)C1CCN(C)CC1. The lowest BCUT2D eigenvalue weighted by atomic mass is 10.0. The van der Waals surface area contributed by atoms with Gasteiger partial charge in [-0.1, -0.05) is 18.2 Å². The molecule has 0 atom stereocenters. The van der Waals surface area contributed by atoms with Crippen LogP contribution in [0, 0.1) is 13.8 Å². The summed E-state index contributed by atoms with van der Waals surface area (Å²) in [5, 5.41) is 4.71. The minimum Gasteiger partial charge on any atom is -0.340 e. The highest BCUT2D eigenvalue weighted by molar-refractivity contribution is 5.77. The van der Waals surface area contributed by atoms with Crippen molar-refractivity contribution in [2.45, 2.75) is 52.5 Å². The molecule has 1 aliphatic heterocycles. The van der Waals surface area contributed by atoms with Crippen LogP contribution < -0.4 is 0 Å². The van der Waals surface area contributed by atoms with Gasteiger partial charge in [0.05, 0.1) is 11.4 Å². The van der Waals surface area contributed by atoms with E-state index in [4.69, 9.17) is 5.10 Å². The zero-order chi connectivity index (χ0) is 19.4. The summed E-state index contributed by atoms with van der Waals surface area (Å²) in [7, 11) is 2.16. The second-order valence-electron chi connectivity index (χ2n) is 7.61. The van der Waals surface area contributed by atoms with Crippen molar-refractivity contribution in [3.8, 4) is 5.69 Å². The van der Waals surface area contributed by atoms with Gasteiger partial charge in [0.15, 0.2) is 0 Å². The quantitative estimate of drug-likeness (QED) is 0.785. The summed E-state index contributed by atoms with van der Waals surface area (Å²) in [4.78, 5) is 17.4. The van der Waals surface area contributed by atoms with Gasteiger partial charge in [0.25, 0.3) is 0 Å². The van der Waals surface area contributed by atoms with Crippen LogP contribution in [0.3, 0.4) is 0 Å². The lowest BCUT2D eigenvalue weighted by molar-refractivity contribution is -0.134. The van der Waals surface area contributed by atoms with Crippen LogP contribution in [-0.2, 0) is 11.2 Å². The molecule has 2 heterocycles. The van der Waals surface area contributed by atoms with Gasteiger partial charge in [0.2, 0.25) is 5.91 Å². The fourth-order valence-electron chi connectivity index (χ4n) is 4.18. The molecule has 0 aliphatic carbocycles. The number of benzene rings is 1. The van der Waals surface area contributed by atoms with Gasteiger partial charge >= 0.3 is 0 Å². The van der Waals surface area contributed by atoms with E-state index in [1.807, 2.05) is 29.8 Å². The average molecular weight is 369 g/mol. The van der Waals surface area contributed by atoms with Gasteiger partial charge in [-0.3, -0.25) is 4.79 Å². The Balaban J connectivity index is 1.67. The third-order valence-corrected chi connectivity index (χ3v) is 5.82. The highest BCUT2D eigenvalue weighted by Crippen LogP contribution is 2.21. The van der Waals surface area contributed by atoms with Crippen molar-refractivity contribution in [3.63, 3.8) is 0 Å². The summed E-state index contributed by atoms with van der Waals surface area (Å²) in [6.45, 7) is 9.20. The third-order valence-electron chi connectivity index (χ3n) is 5.82. The zero-order valence-electron chi connectivity index (χ0n) is 17.1. The van der Waals surface area contributed by atoms with Crippen molar-refractivity contribution in [1.82, 2.24) is 19.6 Å². The number of nitrogens with zero attached hydrogens (tertiary/aromatic N) is 4. The number of aromatic nitrogens is 2. The van der Waals surface area contributed by atoms with E-state index in [2.05, 4.69) is 42.8 Å². The predicted molar refractivity (Wildman–Crippen MR) is 109 cm³/mol. The molecule has 1 aromatic heterocycles. The van der Waals surface area contributed by atoms with Crippen LogP contribution in [0.2, 0.25) is 0 Å². The molecule has 5 nitrogen and oxygen atoms in total. The van der Waals surface area contributed by atoms with E-state index in [-0.39, 0.29) is 5.91 Å². The first-order valence-electron chi connectivity index (χ1n) is 10.1. The monoisotopic (exact) mass is 368 g/mol. The van der Waals surface area contributed by atoms with E-state index in [1.165, 1.54) is 5.56 Å². The molecular formula is C22H32N4O. The number of likely N-dealkylation sites (tertiary alicyclic amines) is 1. The molecule has 1 saturated heterocycles. The highest BCUT2D eigenvalue weighted by atomic mass is 16.2. The van der Waals surface area contributed by atoms with Crippen molar-refractivity contribution < 1.29 is 4.79 Å². The van der Waals surface area contributed by atoms with Gasteiger partial charge in [-0.2, -0.15) is 5.10 Å². The van der Waals surface area contributed by atoms with E-state index in [1.54, 1.807) is 0 Å². The Morgan fingerprint density at radius 1 is 1.19 bits per heavy atom. The lowest BCUT2D eigenvalue weighted by Gasteiger charge is -2.37. The second-order valence-corrected chi connectivity index (χ2v) is 7.61. The number of hydrogen-bond donors (Lipinski definition) is 0. The maximum atomic E-state index is 12.9. The fraction of sp³-hybridized carbons (Fsp3) is 0.545. The lowest BCUT2D eigenvalue weighted by Crippen LogP contribution is -2.46. The summed E-state index contributed by atoms with van der Waals surface area (Å²) in [6.07, 6.45) is 3.48. The Kier molecular flexibility index (Phi) is 6.32. The maximum Gasteiger partial charge on any atom is 0.223 e. The number of piperidine rings is 1. The second kappa shape index (κ2) is 8.70. The van der Waals surface area contributed by atoms with Crippen molar-refractivity contribution in [3.05, 3.63) is 47.3 Å². The summed E-state index contributed by atoms with van der Waals surface area (Å²) >= 11 is 0. The van der Waals surface area contributed by atoms with Gasteiger partial charge in [0, 0.05) is 24.7 Å². The number of hydrogen-bond acceptors (Lipinski definition) is 3. The molecule has 1 amide bonds. The molecule has 1 aromatic carbocycles. The Labute approximate surface area is 163 Å². The van der Waals surface area contributed by atoms with Gasteiger partial charge in [0.1, 0.15) is 0 Å². The molecule has 5 heteroatoms. The first-order chi connectivity index (χ1) is 13.0. The molecule has 0 radical (unpaired) electrons. The van der Waals surface area contributed by atoms with E-state index < -0.39 is 0 Å². The van der Waals surface area contributed by atoms with Crippen LogP contribution in [0.4, 0.5) is 0 Å². The molecule has 0 N–H and O–H groups in total. The van der Waals surface area contributed by atoms with Crippen LogP contribution in [0.1, 0.15) is 43.1 Å². The molecule has 1 fully saturated rings. The molecule has 1 aliphatic rings. The summed E-state index contributed by atoms with van der Waals surface area (Å²) < 4.78 is 1.99. The van der Waals surface area contributed by atoms with E-state index >= 15 is 0 Å². The van der Waals surface area contributed by atoms with Crippen LogP contribution >= 0.6 is 0 Å². The van der Waals surface area contributed by atoms with Crippen LogP contribution in [-0.4, -0.2) is 58.2 Å². The van der Waals surface area contributed by atoms with Gasteiger partial charge in [-0.05, 0) is 77.9 Å². The minimum atomic E-state index is 0.276. The normalized spacial score (nSPS) is 15.9. The van der Waals surface area contributed by atoms with Gasteiger partial charge < -0.3 is 9.80 Å². The molecule has 146 valence electrons. The standard InChI is InChI=1S/C22H32N4O/c1-5-25(19-13-15-24(4)16-14-19)22(27)12-11-21-17(2)23-26(18(21)3)20-9-7-6-8-10-20/h6-10,19H,5,11-16H2,1-4H3. The summed E-state index contributed by atoms with van der Waals surface area (Å²) in [6, 6.07) is 10.6. The number of amides is 1. The van der Waals surface area contributed by atoms with E-state index in [0.717, 1.165) is 56.0 Å². The molecule has 0 saturated carbocycles. The Morgan fingerprint density at radius 2 is 1.85 bits per heavy atom. The topological polar surface area (TPSA) is 41.4 Å². The molecule has 0 bridgehead atoms. The molecule has 2 aromatic rings. The first kappa shape index (κ1) is 19.6. The number of para-hydroxylation sites is 1. The Morgan fingerprint density at radius 3 is 2.48 bits per heavy atom. The Bertz CT molecular complexity index is 760. The molecule has 27 heavy (non-hydrogen) atoms. The molecule has 0 unspecified atom stereocenters. The molecule has 0 spiro atoms. The Hall–Kier alpha value is -2.14. The fourth-order valence-corrected chi connectivity index (χ4v) is 4.18. The number of carbonyl (C=O) groups excluding carboxylic acids is 1. The van der Waals surface area contributed by atoms with Crippen molar-refractivity contribution >= 4 is 5.91 Å². The number of carbonyl (C=O) groups is 1. The molecular weight excluding hydrogens is 336 g/mol. The third kappa shape index (κ3) is 4.41. The number of aryl methyl sites for hydroxylation is 1. The highest BCUT2D eigenvalue weighted by Gasteiger charge is 2.26. The largest absolute Gasteiger partial charge is 0.340 e. The van der Waals surface area contributed by atoms with Gasteiger partial charge in [-0.15, -0.1) is 0 Å². The minimum absolute atomic E-state index is 0.276. The summed E-state index contributed by atoms with van der Waals surface area (Å²) in [5.74, 6) is 0.276. The van der Waals surface area contributed by atoms with E-state index in [0.29, 0.717) is 12.5 Å². The van der Waals surface area contributed by atoms with Crippen LogP contribution in [0.25, 0.3) is 5.69 Å². The van der Waals surface area contributed by atoms with Gasteiger partial charge in [-0.25, -0.2) is 4.68 Å². The average Bonchev–Trinajstić information content (AvgIpc) is 2.96. The maximum absolute atomic E-state index is 12.9. The van der Waals surface area contributed by atoms with Crippen molar-refractivity contribution in [2.75, 3.05) is 26.7 Å².